The lowest BCUT2D eigenvalue weighted by molar-refractivity contribution is -0.112. The summed E-state index contributed by atoms with van der Waals surface area (Å²) in [4.78, 5) is 25.1. The fourth-order valence-corrected chi connectivity index (χ4v) is 3.19. The van der Waals surface area contributed by atoms with E-state index in [1.807, 2.05) is 6.07 Å². The molecule has 1 aromatic carbocycles. The van der Waals surface area contributed by atoms with E-state index in [1.165, 1.54) is 6.33 Å². The number of aliphatic hydroxyl groups excluding tert-OH is 2. The van der Waals surface area contributed by atoms with Gasteiger partial charge < -0.3 is 24.8 Å². The first kappa shape index (κ1) is 17.5. The second-order valence-corrected chi connectivity index (χ2v) is 6.38. The Bertz CT molecular complexity index is 945. The molecule has 3 aromatic rings. The second-order valence-electron chi connectivity index (χ2n) is 6.38. The van der Waals surface area contributed by atoms with Crippen molar-refractivity contribution in [3.8, 4) is 0 Å². The van der Waals surface area contributed by atoms with Crippen LogP contribution >= 0.6 is 0 Å². The van der Waals surface area contributed by atoms with Crippen molar-refractivity contribution in [3.63, 3.8) is 0 Å². The zero-order valence-electron chi connectivity index (χ0n) is 14.4. The molecule has 3 atom stereocenters. The van der Waals surface area contributed by atoms with Gasteiger partial charge >= 0.3 is 0 Å². The molecular formula is C18H19N5O4. The molecule has 0 radical (unpaired) electrons. The molecule has 9 nitrogen and oxygen atoms in total. The van der Waals surface area contributed by atoms with Crippen LogP contribution in [0.3, 0.4) is 0 Å². The molecule has 0 unspecified atom stereocenters. The maximum absolute atomic E-state index is 12.4. The lowest BCUT2D eigenvalue weighted by Crippen LogP contribution is -2.41. The molecular weight excluding hydrogens is 350 g/mol. The molecule has 1 aliphatic heterocycles. The van der Waals surface area contributed by atoms with Crippen molar-refractivity contribution in [1.29, 1.82) is 0 Å². The van der Waals surface area contributed by atoms with E-state index < -0.39 is 12.2 Å². The summed E-state index contributed by atoms with van der Waals surface area (Å²) in [5, 5.41) is 22.1. The maximum atomic E-state index is 12.4. The summed E-state index contributed by atoms with van der Waals surface area (Å²) in [5.41, 5.74) is 1.51. The molecule has 9 heteroatoms. The average Bonchev–Trinajstić information content (AvgIpc) is 3.14. The highest BCUT2D eigenvalue weighted by atomic mass is 16.5. The van der Waals surface area contributed by atoms with Crippen molar-refractivity contribution in [1.82, 2.24) is 19.5 Å². The predicted molar refractivity (Wildman–Crippen MR) is 96.2 cm³/mol. The lowest BCUT2D eigenvalue weighted by atomic mass is 10.0. The second kappa shape index (κ2) is 7.39. The normalized spacial score (nSPS) is 22.7. The van der Waals surface area contributed by atoms with E-state index in [9.17, 15) is 15.0 Å². The minimum atomic E-state index is -0.773. The topological polar surface area (TPSA) is 122 Å². The summed E-state index contributed by atoms with van der Waals surface area (Å²) in [5.74, 6) is 0.0328. The van der Waals surface area contributed by atoms with Crippen LogP contribution in [0.2, 0.25) is 0 Å². The van der Waals surface area contributed by atoms with E-state index in [-0.39, 0.29) is 18.6 Å². The number of carbonyl (C=O) groups is 1. The van der Waals surface area contributed by atoms with Crippen molar-refractivity contribution in [3.05, 3.63) is 48.5 Å². The number of rotatable bonds is 4. The van der Waals surface area contributed by atoms with Gasteiger partial charge in [0.05, 0.1) is 31.7 Å². The van der Waals surface area contributed by atoms with Crippen LogP contribution in [0.4, 0.5) is 5.82 Å². The summed E-state index contributed by atoms with van der Waals surface area (Å²) < 4.78 is 7.31. The number of hydrogen-bond acceptors (Lipinski definition) is 7. The molecule has 27 heavy (non-hydrogen) atoms. The van der Waals surface area contributed by atoms with Gasteiger partial charge in [-0.2, -0.15) is 0 Å². The minimum absolute atomic E-state index is 0.180. The first-order chi connectivity index (χ1) is 13.2. The first-order valence-corrected chi connectivity index (χ1v) is 8.62. The highest BCUT2D eigenvalue weighted by Crippen LogP contribution is 2.28. The van der Waals surface area contributed by atoms with Gasteiger partial charge in [0.25, 0.3) is 5.91 Å². The smallest absolute Gasteiger partial charge is 0.256 e. The van der Waals surface area contributed by atoms with Gasteiger partial charge in [0.2, 0.25) is 0 Å². The largest absolute Gasteiger partial charge is 0.394 e. The van der Waals surface area contributed by atoms with Gasteiger partial charge in [0.1, 0.15) is 12.4 Å². The van der Waals surface area contributed by atoms with E-state index in [4.69, 9.17) is 4.74 Å². The third-order valence-electron chi connectivity index (χ3n) is 4.65. The standard InChI is InChI=1S/C18H19N5O4/c24-7-14-13(25)6-12(8-27-14)23-10-21-15-16(19-9-20-17(15)23)22-18(26)11-4-2-1-3-5-11/h1-5,9-10,12-14,24-25H,6-8H2,(H,19,20,22,26)/t12-,13-,14+/m0/s1. The predicted octanol–water partition coefficient (Wildman–Crippen LogP) is 0.762. The molecule has 0 spiro atoms. The van der Waals surface area contributed by atoms with Gasteiger partial charge in [-0.15, -0.1) is 0 Å². The molecule has 0 saturated carbocycles. The van der Waals surface area contributed by atoms with Crippen LogP contribution in [0.5, 0.6) is 0 Å². The Hall–Kier alpha value is -2.88. The third kappa shape index (κ3) is 3.39. The molecule has 3 N–H and O–H groups in total. The Kier molecular flexibility index (Phi) is 4.80. The SMILES string of the molecule is O=C(Nc1ncnc2c1ncn2[C@@H]1CO[C@H](CO)[C@@H](O)C1)c1ccccc1. The van der Waals surface area contributed by atoms with Crippen LogP contribution in [-0.4, -0.2) is 61.1 Å². The highest BCUT2D eigenvalue weighted by Gasteiger charge is 2.31. The molecule has 140 valence electrons. The fourth-order valence-electron chi connectivity index (χ4n) is 3.19. The van der Waals surface area contributed by atoms with Gasteiger partial charge in [-0.1, -0.05) is 18.2 Å². The van der Waals surface area contributed by atoms with Crippen LogP contribution in [0.15, 0.2) is 43.0 Å². The number of carbonyl (C=O) groups excluding carboxylic acids is 1. The number of ether oxygens (including phenoxy) is 1. The van der Waals surface area contributed by atoms with E-state index in [2.05, 4.69) is 20.3 Å². The Balaban J connectivity index is 1.60. The number of amides is 1. The number of aromatic nitrogens is 4. The molecule has 1 amide bonds. The Morgan fingerprint density at radius 1 is 1.26 bits per heavy atom. The Labute approximate surface area is 154 Å². The number of benzene rings is 1. The Morgan fingerprint density at radius 2 is 2.07 bits per heavy atom. The number of hydrogen-bond donors (Lipinski definition) is 3. The first-order valence-electron chi connectivity index (χ1n) is 8.62. The van der Waals surface area contributed by atoms with Crippen molar-refractivity contribution in [2.24, 2.45) is 0 Å². The summed E-state index contributed by atoms with van der Waals surface area (Å²) in [6, 6.07) is 8.65. The van der Waals surface area contributed by atoms with E-state index in [1.54, 1.807) is 35.2 Å². The quantitative estimate of drug-likeness (QED) is 0.620. The highest BCUT2D eigenvalue weighted by molar-refractivity contribution is 6.06. The van der Waals surface area contributed by atoms with Crippen molar-refractivity contribution in [2.75, 3.05) is 18.5 Å². The van der Waals surface area contributed by atoms with E-state index in [0.717, 1.165) is 0 Å². The van der Waals surface area contributed by atoms with Gasteiger partial charge in [-0.05, 0) is 18.6 Å². The molecule has 0 bridgehead atoms. The number of nitrogens with one attached hydrogen (secondary N) is 1. The number of aliphatic hydroxyl groups is 2. The number of nitrogens with zero attached hydrogens (tertiary/aromatic N) is 4. The van der Waals surface area contributed by atoms with Crippen LogP contribution in [0.25, 0.3) is 11.2 Å². The summed E-state index contributed by atoms with van der Waals surface area (Å²) >= 11 is 0. The number of imidazole rings is 1. The van der Waals surface area contributed by atoms with Crippen molar-refractivity contribution >= 4 is 22.9 Å². The minimum Gasteiger partial charge on any atom is -0.394 e. The zero-order valence-corrected chi connectivity index (χ0v) is 14.4. The molecule has 1 fully saturated rings. The zero-order chi connectivity index (χ0) is 18.8. The Morgan fingerprint density at radius 3 is 2.81 bits per heavy atom. The van der Waals surface area contributed by atoms with Gasteiger partial charge in [0, 0.05) is 5.56 Å². The fraction of sp³-hybridized carbons (Fsp3) is 0.333. The molecule has 1 saturated heterocycles. The molecule has 1 aliphatic rings. The van der Waals surface area contributed by atoms with E-state index >= 15 is 0 Å². The summed E-state index contributed by atoms with van der Waals surface area (Å²) in [6.45, 7) is 0.0971. The molecule has 3 heterocycles. The summed E-state index contributed by atoms with van der Waals surface area (Å²) in [7, 11) is 0. The van der Waals surface area contributed by atoms with Crippen LogP contribution in [-0.2, 0) is 4.74 Å². The maximum Gasteiger partial charge on any atom is 0.256 e. The van der Waals surface area contributed by atoms with Gasteiger partial charge in [0.15, 0.2) is 17.0 Å². The third-order valence-corrected chi connectivity index (χ3v) is 4.65. The number of fused-ring (bicyclic) bond motifs is 1. The van der Waals surface area contributed by atoms with Gasteiger partial charge in [-0.25, -0.2) is 15.0 Å². The van der Waals surface area contributed by atoms with Crippen LogP contribution in [0, 0.1) is 0 Å². The van der Waals surface area contributed by atoms with Crippen molar-refractivity contribution in [2.45, 2.75) is 24.7 Å². The van der Waals surface area contributed by atoms with E-state index in [0.29, 0.717) is 35.6 Å². The molecule has 0 aliphatic carbocycles. The molecule has 4 rings (SSSR count). The average molecular weight is 369 g/mol. The van der Waals surface area contributed by atoms with Crippen molar-refractivity contribution < 1.29 is 19.7 Å². The monoisotopic (exact) mass is 369 g/mol. The van der Waals surface area contributed by atoms with Crippen LogP contribution in [0.1, 0.15) is 22.8 Å². The van der Waals surface area contributed by atoms with Crippen LogP contribution < -0.4 is 5.32 Å². The number of anilines is 1. The summed E-state index contributed by atoms with van der Waals surface area (Å²) in [6.07, 6.45) is 2.01. The van der Waals surface area contributed by atoms with Gasteiger partial charge in [-0.3, -0.25) is 4.79 Å². The molecule has 2 aromatic heterocycles. The lowest BCUT2D eigenvalue weighted by Gasteiger charge is -2.32.